The highest BCUT2D eigenvalue weighted by atomic mass is 19.3. The van der Waals surface area contributed by atoms with Gasteiger partial charge in [-0.15, -0.1) is 0 Å². The van der Waals surface area contributed by atoms with Crippen LogP contribution >= 0.6 is 0 Å². The Bertz CT molecular complexity index is 271. The van der Waals surface area contributed by atoms with Gasteiger partial charge in [0.2, 0.25) is 0 Å². The number of halogens is 2. The first kappa shape index (κ1) is 9.13. The topological polar surface area (TPSA) is 26.0 Å². The second kappa shape index (κ2) is 3.63. The van der Waals surface area contributed by atoms with Crippen LogP contribution in [0.2, 0.25) is 0 Å². The summed E-state index contributed by atoms with van der Waals surface area (Å²) >= 11 is 0. The molecular weight excluding hydrogens is 160 g/mol. The fourth-order valence-electron chi connectivity index (χ4n) is 1.05. The molecule has 0 bridgehead atoms. The van der Waals surface area contributed by atoms with Crippen LogP contribution in [0.4, 0.5) is 8.78 Å². The summed E-state index contributed by atoms with van der Waals surface area (Å²) < 4.78 is 24.3. The Morgan fingerprint density at radius 2 is 2.08 bits per heavy atom. The molecular formula is C9H11F2N. The Morgan fingerprint density at radius 3 is 2.58 bits per heavy atom. The molecule has 2 N–H and O–H groups in total. The fourth-order valence-corrected chi connectivity index (χ4v) is 1.05. The molecule has 1 aromatic carbocycles. The van der Waals surface area contributed by atoms with E-state index in [1.165, 1.54) is 12.1 Å². The van der Waals surface area contributed by atoms with Crippen LogP contribution in [0, 0.1) is 6.92 Å². The normalized spacial score (nSPS) is 10.8. The zero-order chi connectivity index (χ0) is 9.14. The average molecular weight is 171 g/mol. The quantitative estimate of drug-likeness (QED) is 0.726. The van der Waals surface area contributed by atoms with Crippen molar-refractivity contribution in [1.82, 2.24) is 0 Å². The molecule has 12 heavy (non-hydrogen) atoms. The Labute approximate surface area is 70.2 Å². The third-order valence-corrected chi connectivity index (χ3v) is 1.85. The molecule has 0 aliphatic rings. The number of hydrogen-bond donors (Lipinski definition) is 1. The van der Waals surface area contributed by atoms with E-state index in [9.17, 15) is 8.78 Å². The van der Waals surface area contributed by atoms with Crippen molar-refractivity contribution in [3.8, 4) is 0 Å². The van der Waals surface area contributed by atoms with Crippen LogP contribution in [-0.4, -0.2) is 0 Å². The highest BCUT2D eigenvalue weighted by molar-refractivity contribution is 5.31. The van der Waals surface area contributed by atoms with Gasteiger partial charge < -0.3 is 5.73 Å². The van der Waals surface area contributed by atoms with Crippen LogP contribution in [0.25, 0.3) is 0 Å². The maximum Gasteiger partial charge on any atom is 0.263 e. The highest BCUT2D eigenvalue weighted by Crippen LogP contribution is 2.21. The van der Waals surface area contributed by atoms with Gasteiger partial charge in [0, 0.05) is 12.1 Å². The van der Waals surface area contributed by atoms with Crippen molar-refractivity contribution in [2.24, 2.45) is 5.73 Å². The van der Waals surface area contributed by atoms with Gasteiger partial charge in [0.25, 0.3) is 6.43 Å². The van der Waals surface area contributed by atoms with Crippen molar-refractivity contribution in [3.05, 3.63) is 34.9 Å². The predicted molar refractivity (Wildman–Crippen MR) is 44.0 cm³/mol. The second-order valence-corrected chi connectivity index (χ2v) is 2.69. The highest BCUT2D eigenvalue weighted by Gasteiger charge is 2.07. The van der Waals surface area contributed by atoms with Gasteiger partial charge in [-0.1, -0.05) is 12.1 Å². The molecule has 1 aromatic rings. The Balaban J connectivity index is 3.05. The molecule has 0 saturated heterocycles. The van der Waals surface area contributed by atoms with Gasteiger partial charge in [0.1, 0.15) is 0 Å². The first-order chi connectivity index (χ1) is 5.65. The van der Waals surface area contributed by atoms with Crippen LogP contribution in [0.5, 0.6) is 0 Å². The molecule has 0 fully saturated rings. The number of alkyl halides is 2. The van der Waals surface area contributed by atoms with Crippen LogP contribution in [0.15, 0.2) is 18.2 Å². The number of aryl methyl sites for hydroxylation is 1. The summed E-state index contributed by atoms with van der Waals surface area (Å²) in [7, 11) is 0. The smallest absolute Gasteiger partial charge is 0.263 e. The molecule has 1 nitrogen and oxygen atoms in total. The number of rotatable bonds is 2. The van der Waals surface area contributed by atoms with Gasteiger partial charge in [-0.25, -0.2) is 8.78 Å². The lowest BCUT2D eigenvalue weighted by atomic mass is 10.1. The molecule has 0 radical (unpaired) electrons. The van der Waals surface area contributed by atoms with Crippen molar-refractivity contribution in [1.29, 1.82) is 0 Å². The minimum atomic E-state index is -2.41. The minimum absolute atomic E-state index is 0.0426. The van der Waals surface area contributed by atoms with E-state index in [2.05, 4.69) is 0 Å². The first-order valence-electron chi connectivity index (χ1n) is 3.72. The van der Waals surface area contributed by atoms with E-state index in [1.807, 2.05) is 6.92 Å². The van der Waals surface area contributed by atoms with Gasteiger partial charge in [-0.3, -0.25) is 0 Å². The lowest BCUT2D eigenvalue weighted by Gasteiger charge is -2.05. The van der Waals surface area contributed by atoms with Crippen molar-refractivity contribution in [2.75, 3.05) is 0 Å². The summed E-state index contributed by atoms with van der Waals surface area (Å²) in [5.74, 6) is 0. The molecule has 1 rings (SSSR count). The van der Waals surface area contributed by atoms with Crippen LogP contribution in [0.1, 0.15) is 23.1 Å². The third kappa shape index (κ3) is 1.80. The zero-order valence-corrected chi connectivity index (χ0v) is 6.85. The van der Waals surface area contributed by atoms with Gasteiger partial charge in [0.05, 0.1) is 0 Å². The van der Waals surface area contributed by atoms with Gasteiger partial charge in [-0.2, -0.15) is 0 Å². The molecule has 0 amide bonds. The molecule has 0 spiro atoms. The van der Waals surface area contributed by atoms with E-state index >= 15 is 0 Å². The van der Waals surface area contributed by atoms with Crippen molar-refractivity contribution >= 4 is 0 Å². The van der Waals surface area contributed by atoms with E-state index in [1.54, 1.807) is 6.07 Å². The Morgan fingerprint density at radius 1 is 1.42 bits per heavy atom. The fraction of sp³-hybridized carbons (Fsp3) is 0.333. The summed E-state index contributed by atoms with van der Waals surface area (Å²) in [6.45, 7) is 2.17. The van der Waals surface area contributed by atoms with Crippen LogP contribution in [0.3, 0.4) is 0 Å². The van der Waals surface area contributed by atoms with E-state index < -0.39 is 6.43 Å². The van der Waals surface area contributed by atoms with Crippen LogP contribution < -0.4 is 5.73 Å². The standard InChI is InChI=1S/C9H11F2N/c1-6-2-3-7(9(10)11)4-8(6)5-12/h2-4,9H,5,12H2,1H3. The summed E-state index contributed by atoms with van der Waals surface area (Å²) in [6.07, 6.45) is -2.41. The SMILES string of the molecule is Cc1ccc(C(F)F)cc1CN. The lowest BCUT2D eigenvalue weighted by molar-refractivity contribution is 0.151. The molecule has 3 heteroatoms. The molecule has 0 aliphatic carbocycles. The van der Waals surface area contributed by atoms with Crippen molar-refractivity contribution in [2.45, 2.75) is 19.9 Å². The zero-order valence-electron chi connectivity index (χ0n) is 6.85. The Hall–Kier alpha value is -0.960. The molecule has 0 aromatic heterocycles. The lowest BCUT2D eigenvalue weighted by Crippen LogP contribution is -2.00. The van der Waals surface area contributed by atoms with Gasteiger partial charge in [0.15, 0.2) is 0 Å². The summed E-state index contributed by atoms with van der Waals surface area (Å²) in [4.78, 5) is 0. The molecule has 0 aliphatic heterocycles. The third-order valence-electron chi connectivity index (χ3n) is 1.85. The van der Waals surface area contributed by atoms with E-state index in [-0.39, 0.29) is 5.56 Å². The molecule has 0 saturated carbocycles. The number of nitrogens with two attached hydrogens (primary N) is 1. The molecule has 0 atom stereocenters. The molecule has 0 heterocycles. The monoisotopic (exact) mass is 171 g/mol. The van der Waals surface area contributed by atoms with Crippen LogP contribution in [-0.2, 0) is 6.54 Å². The predicted octanol–water partition coefficient (Wildman–Crippen LogP) is 2.39. The second-order valence-electron chi connectivity index (χ2n) is 2.69. The largest absolute Gasteiger partial charge is 0.326 e. The van der Waals surface area contributed by atoms with E-state index in [0.717, 1.165) is 11.1 Å². The molecule has 66 valence electrons. The van der Waals surface area contributed by atoms with E-state index in [0.29, 0.717) is 6.54 Å². The summed E-state index contributed by atoms with van der Waals surface area (Å²) in [6, 6.07) is 4.56. The Kier molecular flexibility index (Phi) is 2.76. The minimum Gasteiger partial charge on any atom is -0.326 e. The average Bonchev–Trinajstić information content (AvgIpc) is 2.05. The van der Waals surface area contributed by atoms with E-state index in [4.69, 9.17) is 5.73 Å². The molecule has 0 unspecified atom stereocenters. The summed E-state index contributed by atoms with van der Waals surface area (Å²) in [5, 5.41) is 0. The van der Waals surface area contributed by atoms with Gasteiger partial charge >= 0.3 is 0 Å². The number of benzene rings is 1. The first-order valence-corrected chi connectivity index (χ1v) is 3.72. The number of hydrogen-bond acceptors (Lipinski definition) is 1. The maximum atomic E-state index is 12.2. The maximum absolute atomic E-state index is 12.2. The van der Waals surface area contributed by atoms with Crippen molar-refractivity contribution < 1.29 is 8.78 Å². The van der Waals surface area contributed by atoms with Gasteiger partial charge in [-0.05, 0) is 24.1 Å². The summed E-state index contributed by atoms with van der Waals surface area (Å²) in [5.41, 5.74) is 7.16. The van der Waals surface area contributed by atoms with Crippen molar-refractivity contribution in [3.63, 3.8) is 0 Å².